The van der Waals surface area contributed by atoms with Gasteiger partial charge in [-0.2, -0.15) is 0 Å². The summed E-state index contributed by atoms with van der Waals surface area (Å²) in [4.78, 5) is 37.7. The zero-order valence-electron chi connectivity index (χ0n) is 37.3. The molecule has 0 N–H and O–H groups in total. The van der Waals surface area contributed by atoms with Gasteiger partial charge in [0.1, 0.15) is 13.2 Å². The number of hydrogen-bond donors (Lipinski definition) is 0. The monoisotopic (exact) mass is 797 g/mol. The number of unbranched alkanes of at least 4 members (excludes halogenated alkanes) is 21. The molecule has 0 aliphatic heterocycles. The van der Waals surface area contributed by atoms with Crippen LogP contribution in [0.15, 0.2) is 60.8 Å². The summed E-state index contributed by atoms with van der Waals surface area (Å²) in [5.41, 5.74) is 0. The van der Waals surface area contributed by atoms with Crippen molar-refractivity contribution in [3.63, 3.8) is 0 Å². The highest BCUT2D eigenvalue weighted by Crippen LogP contribution is 2.15. The van der Waals surface area contributed by atoms with Crippen LogP contribution in [0.5, 0.6) is 0 Å². The van der Waals surface area contributed by atoms with E-state index in [1.54, 1.807) is 0 Å². The van der Waals surface area contributed by atoms with Crippen LogP contribution in [-0.4, -0.2) is 37.2 Å². The van der Waals surface area contributed by atoms with Gasteiger partial charge in [0.25, 0.3) is 0 Å². The van der Waals surface area contributed by atoms with Crippen LogP contribution in [-0.2, 0) is 28.6 Å². The maximum absolute atomic E-state index is 12.7. The molecular formula is C51H88O6. The van der Waals surface area contributed by atoms with E-state index in [0.29, 0.717) is 19.3 Å². The third kappa shape index (κ3) is 44.1. The fourth-order valence-electron chi connectivity index (χ4n) is 6.48. The first-order valence-corrected chi connectivity index (χ1v) is 23.8. The van der Waals surface area contributed by atoms with Crippen molar-refractivity contribution in [2.24, 2.45) is 0 Å². The summed E-state index contributed by atoms with van der Waals surface area (Å²) >= 11 is 0. The van der Waals surface area contributed by atoms with E-state index < -0.39 is 6.10 Å². The molecular weight excluding hydrogens is 709 g/mol. The summed E-state index contributed by atoms with van der Waals surface area (Å²) in [5, 5.41) is 0. The van der Waals surface area contributed by atoms with Gasteiger partial charge in [0, 0.05) is 19.3 Å². The predicted molar refractivity (Wildman–Crippen MR) is 242 cm³/mol. The molecule has 0 unspecified atom stereocenters. The van der Waals surface area contributed by atoms with Crippen molar-refractivity contribution in [2.75, 3.05) is 13.2 Å². The fourth-order valence-corrected chi connectivity index (χ4v) is 6.48. The minimum absolute atomic E-state index is 0.0945. The van der Waals surface area contributed by atoms with Crippen molar-refractivity contribution >= 4 is 17.9 Å². The SMILES string of the molecule is CC/C=C\C/C=C\C/C=C\C/C=C\C/C=C\CCCC(=O)O[C@@H](COC(=O)CCCCCCCCC)COC(=O)CCCCCCCCCCCCCCCCC. The van der Waals surface area contributed by atoms with Gasteiger partial charge in [-0.25, -0.2) is 0 Å². The second-order valence-electron chi connectivity index (χ2n) is 15.6. The number of esters is 3. The Morgan fingerprint density at radius 2 is 0.684 bits per heavy atom. The van der Waals surface area contributed by atoms with Gasteiger partial charge in [0.15, 0.2) is 6.10 Å². The molecule has 0 bridgehead atoms. The van der Waals surface area contributed by atoms with Crippen LogP contribution in [0.2, 0.25) is 0 Å². The fraction of sp³-hybridized carbons (Fsp3) is 0.745. The number of rotatable bonds is 42. The zero-order chi connectivity index (χ0) is 41.5. The lowest BCUT2D eigenvalue weighted by atomic mass is 10.0. The number of hydrogen-bond acceptors (Lipinski definition) is 6. The first kappa shape index (κ1) is 54.1. The van der Waals surface area contributed by atoms with E-state index in [2.05, 4.69) is 81.5 Å². The molecule has 0 aromatic heterocycles. The number of carbonyl (C=O) groups is 3. The largest absolute Gasteiger partial charge is 0.462 e. The average Bonchev–Trinajstić information content (AvgIpc) is 3.21. The Kier molecular flexibility index (Phi) is 43.5. The topological polar surface area (TPSA) is 78.9 Å². The lowest BCUT2D eigenvalue weighted by Crippen LogP contribution is -2.30. The molecule has 0 aromatic carbocycles. The molecule has 0 rings (SSSR count). The Morgan fingerprint density at radius 3 is 1.05 bits per heavy atom. The van der Waals surface area contributed by atoms with Crippen LogP contribution in [0.1, 0.15) is 226 Å². The highest BCUT2D eigenvalue weighted by Gasteiger charge is 2.19. The summed E-state index contributed by atoms with van der Waals surface area (Å²) in [6.07, 6.45) is 55.1. The molecule has 57 heavy (non-hydrogen) atoms. The van der Waals surface area contributed by atoms with E-state index in [9.17, 15) is 14.4 Å². The van der Waals surface area contributed by atoms with Crippen molar-refractivity contribution < 1.29 is 28.6 Å². The molecule has 0 saturated heterocycles. The van der Waals surface area contributed by atoms with Gasteiger partial charge in [0.2, 0.25) is 0 Å². The second-order valence-corrected chi connectivity index (χ2v) is 15.6. The summed E-state index contributed by atoms with van der Waals surface area (Å²) in [5.74, 6) is -0.959. The summed E-state index contributed by atoms with van der Waals surface area (Å²) < 4.78 is 16.6. The van der Waals surface area contributed by atoms with Gasteiger partial charge < -0.3 is 14.2 Å². The van der Waals surface area contributed by atoms with Crippen molar-refractivity contribution in [1.29, 1.82) is 0 Å². The molecule has 328 valence electrons. The van der Waals surface area contributed by atoms with E-state index in [4.69, 9.17) is 14.2 Å². The minimum Gasteiger partial charge on any atom is -0.462 e. The highest BCUT2D eigenvalue weighted by atomic mass is 16.6. The van der Waals surface area contributed by atoms with Crippen LogP contribution in [0.3, 0.4) is 0 Å². The molecule has 0 fully saturated rings. The normalized spacial score (nSPS) is 12.5. The van der Waals surface area contributed by atoms with Gasteiger partial charge in [0.05, 0.1) is 0 Å². The summed E-state index contributed by atoms with van der Waals surface area (Å²) in [7, 11) is 0. The zero-order valence-corrected chi connectivity index (χ0v) is 37.3. The first-order chi connectivity index (χ1) is 28.0. The Labute approximate surface area is 351 Å². The molecule has 1 atom stereocenters. The van der Waals surface area contributed by atoms with Crippen LogP contribution in [0, 0.1) is 0 Å². The smallest absolute Gasteiger partial charge is 0.306 e. The molecule has 0 saturated carbocycles. The van der Waals surface area contributed by atoms with Crippen LogP contribution in [0.4, 0.5) is 0 Å². The van der Waals surface area contributed by atoms with Gasteiger partial charge in [-0.1, -0.05) is 210 Å². The van der Waals surface area contributed by atoms with Crippen LogP contribution >= 0.6 is 0 Å². The number of carbonyl (C=O) groups excluding carboxylic acids is 3. The van der Waals surface area contributed by atoms with Gasteiger partial charge in [-0.05, 0) is 57.8 Å². The molecule has 0 aliphatic carbocycles. The quantitative estimate of drug-likeness (QED) is 0.0265. The third-order valence-corrected chi connectivity index (χ3v) is 10.0. The van der Waals surface area contributed by atoms with Gasteiger partial charge in [-0.3, -0.25) is 14.4 Å². The summed E-state index contributed by atoms with van der Waals surface area (Å²) in [6, 6.07) is 0. The summed E-state index contributed by atoms with van der Waals surface area (Å²) in [6.45, 7) is 6.43. The first-order valence-electron chi connectivity index (χ1n) is 23.8. The van der Waals surface area contributed by atoms with Gasteiger partial charge >= 0.3 is 17.9 Å². The lowest BCUT2D eigenvalue weighted by molar-refractivity contribution is -0.167. The van der Waals surface area contributed by atoms with Crippen molar-refractivity contribution in [1.82, 2.24) is 0 Å². The average molecular weight is 797 g/mol. The second kappa shape index (κ2) is 45.8. The van der Waals surface area contributed by atoms with E-state index in [-0.39, 0.29) is 37.5 Å². The standard InChI is InChI=1S/C51H88O6/c1-4-7-10-13-16-18-20-22-24-25-27-29-31-33-36-39-42-45-51(54)57-48(46-55-49(52)43-40-37-34-15-12-9-6-3)47-56-50(53)44-41-38-35-32-30-28-26-23-21-19-17-14-11-8-5-2/h7,10,16,18,22,24,27,29,33,36,48H,4-6,8-9,11-15,17,19-21,23,25-26,28,30-32,34-35,37-47H2,1-3H3/b10-7-,18-16-,24-22-,29-27-,36-33-/t48-/m0/s1. The van der Waals surface area contributed by atoms with Crippen molar-refractivity contribution in [2.45, 2.75) is 232 Å². The molecule has 6 heteroatoms. The molecule has 0 amide bonds. The lowest BCUT2D eigenvalue weighted by Gasteiger charge is -2.18. The van der Waals surface area contributed by atoms with E-state index in [1.807, 2.05) is 0 Å². The molecule has 6 nitrogen and oxygen atoms in total. The maximum Gasteiger partial charge on any atom is 0.306 e. The Hall–Kier alpha value is -2.89. The van der Waals surface area contributed by atoms with E-state index in [1.165, 1.54) is 103 Å². The van der Waals surface area contributed by atoms with Gasteiger partial charge in [-0.15, -0.1) is 0 Å². The molecule has 0 aromatic rings. The number of allylic oxidation sites excluding steroid dienone is 10. The maximum atomic E-state index is 12.7. The molecule has 0 aliphatic rings. The van der Waals surface area contributed by atoms with Crippen molar-refractivity contribution in [3.8, 4) is 0 Å². The molecule has 0 spiro atoms. The van der Waals surface area contributed by atoms with Crippen molar-refractivity contribution in [3.05, 3.63) is 60.8 Å². The minimum atomic E-state index is -0.797. The van der Waals surface area contributed by atoms with Crippen LogP contribution < -0.4 is 0 Å². The van der Waals surface area contributed by atoms with E-state index in [0.717, 1.165) is 77.0 Å². The predicted octanol–water partition coefficient (Wildman–Crippen LogP) is 15.3. The Morgan fingerprint density at radius 1 is 0.368 bits per heavy atom. The van der Waals surface area contributed by atoms with Crippen LogP contribution in [0.25, 0.3) is 0 Å². The highest BCUT2D eigenvalue weighted by molar-refractivity contribution is 5.71. The Bertz CT molecular complexity index is 1050. The molecule has 0 radical (unpaired) electrons. The van der Waals surface area contributed by atoms with E-state index >= 15 is 0 Å². The molecule has 0 heterocycles. The third-order valence-electron chi connectivity index (χ3n) is 10.0. The number of ether oxygens (including phenoxy) is 3. The Balaban J connectivity index is 4.38.